The van der Waals surface area contributed by atoms with E-state index in [1.807, 2.05) is 37.3 Å². The van der Waals surface area contributed by atoms with Crippen LogP contribution >= 0.6 is 0 Å². The fourth-order valence-corrected chi connectivity index (χ4v) is 3.20. The number of nitrogens with one attached hydrogen (secondary N) is 1. The van der Waals surface area contributed by atoms with Gasteiger partial charge in [-0.3, -0.25) is 4.68 Å². The Labute approximate surface area is 139 Å². The van der Waals surface area contributed by atoms with Crippen molar-refractivity contribution in [3.05, 3.63) is 17.5 Å². The molecule has 1 saturated heterocycles. The van der Waals surface area contributed by atoms with Crippen LogP contribution in [-0.4, -0.2) is 52.1 Å². The summed E-state index contributed by atoms with van der Waals surface area (Å²) < 4.78 is 7.85. The first-order valence-corrected chi connectivity index (χ1v) is 8.38. The molecule has 2 amide bonds. The smallest absolute Gasteiger partial charge is 0.317 e. The number of aryl methyl sites for hydroxylation is 2. The third kappa shape index (κ3) is 4.96. The van der Waals surface area contributed by atoms with Gasteiger partial charge in [-0.15, -0.1) is 0 Å². The maximum Gasteiger partial charge on any atom is 0.317 e. The van der Waals surface area contributed by atoms with Gasteiger partial charge in [-0.2, -0.15) is 5.10 Å². The summed E-state index contributed by atoms with van der Waals surface area (Å²) in [7, 11) is 0. The van der Waals surface area contributed by atoms with Gasteiger partial charge >= 0.3 is 6.03 Å². The van der Waals surface area contributed by atoms with Crippen molar-refractivity contribution in [2.75, 3.05) is 19.6 Å². The summed E-state index contributed by atoms with van der Waals surface area (Å²) in [6.45, 7) is 14.9. The highest BCUT2D eigenvalue weighted by molar-refractivity contribution is 5.74. The summed E-state index contributed by atoms with van der Waals surface area (Å²) in [5.74, 6) is 0.323. The zero-order valence-electron chi connectivity index (χ0n) is 15.2. The molecule has 2 rings (SSSR count). The van der Waals surface area contributed by atoms with Crippen LogP contribution in [-0.2, 0) is 11.3 Å². The molecule has 0 unspecified atom stereocenters. The van der Waals surface area contributed by atoms with E-state index in [1.165, 1.54) is 0 Å². The third-order valence-electron chi connectivity index (χ3n) is 4.05. The van der Waals surface area contributed by atoms with E-state index in [0.717, 1.165) is 17.9 Å². The van der Waals surface area contributed by atoms with Gasteiger partial charge in [0.15, 0.2) is 0 Å². The van der Waals surface area contributed by atoms with Crippen LogP contribution in [0.15, 0.2) is 6.07 Å². The minimum absolute atomic E-state index is 0.00607. The van der Waals surface area contributed by atoms with Gasteiger partial charge in [0.25, 0.3) is 0 Å². The van der Waals surface area contributed by atoms with Crippen LogP contribution in [0.25, 0.3) is 0 Å². The maximum atomic E-state index is 12.4. The number of hydrogen-bond donors (Lipinski definition) is 1. The Morgan fingerprint density at radius 3 is 2.78 bits per heavy atom. The van der Waals surface area contributed by atoms with E-state index in [0.29, 0.717) is 25.6 Å². The van der Waals surface area contributed by atoms with Crippen molar-refractivity contribution in [3.8, 4) is 0 Å². The maximum absolute atomic E-state index is 12.4. The lowest BCUT2D eigenvalue weighted by molar-refractivity contribution is -0.117. The molecule has 1 fully saturated rings. The number of carbonyl (C=O) groups is 1. The lowest BCUT2D eigenvalue weighted by Crippen LogP contribution is -2.56. The van der Waals surface area contributed by atoms with E-state index in [2.05, 4.69) is 30.3 Å². The molecule has 0 saturated carbocycles. The predicted molar refractivity (Wildman–Crippen MR) is 90.5 cm³/mol. The molecule has 1 aliphatic heterocycles. The summed E-state index contributed by atoms with van der Waals surface area (Å²) in [6.07, 6.45) is 0.0663. The van der Waals surface area contributed by atoms with Crippen LogP contribution < -0.4 is 5.32 Å². The molecule has 0 spiro atoms. The average Bonchev–Trinajstić information content (AvgIpc) is 2.71. The summed E-state index contributed by atoms with van der Waals surface area (Å²) >= 11 is 0. The van der Waals surface area contributed by atoms with E-state index < -0.39 is 0 Å². The molecule has 0 bridgehead atoms. The Hall–Kier alpha value is -1.56. The number of urea groups is 1. The van der Waals surface area contributed by atoms with Crippen molar-refractivity contribution in [2.45, 2.75) is 59.8 Å². The lowest BCUT2D eigenvalue weighted by atomic mass is 10.1. The van der Waals surface area contributed by atoms with Crippen molar-refractivity contribution in [1.29, 1.82) is 0 Å². The van der Waals surface area contributed by atoms with Gasteiger partial charge in [-0.1, -0.05) is 6.92 Å². The average molecular weight is 322 g/mol. The number of hydrogen-bond acceptors (Lipinski definition) is 3. The van der Waals surface area contributed by atoms with Crippen LogP contribution in [0.3, 0.4) is 0 Å². The van der Waals surface area contributed by atoms with E-state index in [4.69, 9.17) is 4.74 Å². The summed E-state index contributed by atoms with van der Waals surface area (Å²) in [6, 6.07) is 2.07. The molecule has 2 atom stereocenters. The van der Waals surface area contributed by atoms with E-state index in [-0.39, 0.29) is 17.7 Å². The fourth-order valence-electron chi connectivity index (χ4n) is 3.20. The molecule has 0 aliphatic carbocycles. The highest BCUT2D eigenvalue weighted by atomic mass is 16.5. The topological polar surface area (TPSA) is 59.4 Å². The van der Waals surface area contributed by atoms with Crippen molar-refractivity contribution >= 4 is 6.03 Å². The molecule has 1 N–H and O–H groups in total. The van der Waals surface area contributed by atoms with Crippen LogP contribution in [0.5, 0.6) is 0 Å². The van der Waals surface area contributed by atoms with E-state index in [1.54, 1.807) is 0 Å². The molecule has 23 heavy (non-hydrogen) atoms. The number of amides is 2. The second-order valence-electron chi connectivity index (χ2n) is 7.47. The van der Waals surface area contributed by atoms with Gasteiger partial charge in [0, 0.05) is 25.3 Å². The molecular formula is C17H30N4O2. The number of morpholine rings is 1. The zero-order chi connectivity index (χ0) is 17.2. The molecular weight excluding hydrogens is 292 g/mol. The molecule has 2 heterocycles. The molecule has 0 aromatic carbocycles. The van der Waals surface area contributed by atoms with Crippen LogP contribution in [0.1, 0.15) is 39.1 Å². The summed E-state index contributed by atoms with van der Waals surface area (Å²) in [5.41, 5.74) is 1.90. The van der Waals surface area contributed by atoms with Crippen molar-refractivity contribution in [2.24, 2.45) is 5.92 Å². The lowest BCUT2D eigenvalue weighted by Gasteiger charge is -2.41. The van der Waals surface area contributed by atoms with Crippen LogP contribution in [0.4, 0.5) is 4.79 Å². The molecule has 6 nitrogen and oxygen atoms in total. The molecule has 6 heteroatoms. The molecule has 130 valence electrons. The Kier molecular flexibility index (Phi) is 5.34. The van der Waals surface area contributed by atoms with Gasteiger partial charge in [0.1, 0.15) is 0 Å². The number of aromatic nitrogens is 2. The second kappa shape index (κ2) is 6.91. The first-order valence-electron chi connectivity index (χ1n) is 8.38. The van der Waals surface area contributed by atoms with Gasteiger partial charge in [0.2, 0.25) is 0 Å². The highest BCUT2D eigenvalue weighted by Gasteiger charge is 2.33. The number of carbonyl (C=O) groups excluding carboxylic acids is 1. The second-order valence-corrected chi connectivity index (χ2v) is 7.47. The molecule has 1 aromatic heterocycles. The fraction of sp³-hybridized carbons (Fsp3) is 0.765. The number of ether oxygens (including phenoxy) is 1. The standard InChI is InChI=1S/C17H30N4O2/c1-12(9-21-14(3)7-13(2)19-21)8-18-16(22)20-10-15(4)23-17(5,6)11-20/h7,12,15H,8-11H2,1-6H3,(H,18,22)/t12-,15+/m1/s1. The Morgan fingerprint density at radius 1 is 1.52 bits per heavy atom. The van der Waals surface area contributed by atoms with Crippen LogP contribution in [0, 0.1) is 19.8 Å². The predicted octanol–water partition coefficient (Wildman–Crippen LogP) is 2.34. The largest absolute Gasteiger partial charge is 0.369 e. The SMILES string of the molecule is Cc1cc(C)n(C[C@H](C)CNC(=O)N2C[C@H](C)OC(C)(C)C2)n1. The van der Waals surface area contributed by atoms with Crippen molar-refractivity contribution < 1.29 is 9.53 Å². The Morgan fingerprint density at radius 2 is 2.22 bits per heavy atom. The quantitative estimate of drug-likeness (QED) is 0.925. The Bertz CT molecular complexity index is 553. The van der Waals surface area contributed by atoms with Crippen LogP contribution in [0.2, 0.25) is 0 Å². The van der Waals surface area contributed by atoms with E-state index >= 15 is 0 Å². The van der Waals surface area contributed by atoms with E-state index in [9.17, 15) is 4.79 Å². The highest BCUT2D eigenvalue weighted by Crippen LogP contribution is 2.20. The van der Waals surface area contributed by atoms with Crippen molar-refractivity contribution in [3.63, 3.8) is 0 Å². The first kappa shape index (κ1) is 17.8. The minimum atomic E-state index is -0.287. The van der Waals surface area contributed by atoms with Gasteiger partial charge in [0.05, 0.1) is 23.9 Å². The van der Waals surface area contributed by atoms with Gasteiger partial charge in [-0.25, -0.2) is 4.79 Å². The molecule has 0 radical (unpaired) electrons. The Balaban J connectivity index is 1.82. The monoisotopic (exact) mass is 322 g/mol. The summed E-state index contributed by atoms with van der Waals surface area (Å²) in [5, 5.41) is 7.52. The van der Waals surface area contributed by atoms with Gasteiger partial charge < -0.3 is 15.0 Å². The van der Waals surface area contributed by atoms with Crippen molar-refractivity contribution in [1.82, 2.24) is 20.0 Å². The van der Waals surface area contributed by atoms with Gasteiger partial charge in [-0.05, 0) is 46.6 Å². The normalized spacial score (nSPS) is 22.0. The summed E-state index contributed by atoms with van der Waals surface area (Å²) in [4.78, 5) is 14.2. The third-order valence-corrected chi connectivity index (χ3v) is 4.05. The number of nitrogens with zero attached hydrogens (tertiary/aromatic N) is 3. The zero-order valence-corrected chi connectivity index (χ0v) is 15.2. The minimum Gasteiger partial charge on any atom is -0.369 e. The molecule has 1 aromatic rings. The number of rotatable bonds is 4. The first-order chi connectivity index (χ1) is 10.7. The molecule has 1 aliphatic rings.